The smallest absolute Gasteiger partial charge is 0.225 e. The zero-order valence-electron chi connectivity index (χ0n) is 13.9. The third kappa shape index (κ3) is 4.09. The highest BCUT2D eigenvalue weighted by molar-refractivity contribution is 5.81. The molecule has 2 unspecified atom stereocenters. The van der Waals surface area contributed by atoms with Crippen LogP contribution in [0.3, 0.4) is 0 Å². The molecule has 0 radical (unpaired) electrons. The minimum absolute atomic E-state index is 0.00887. The molecule has 4 heteroatoms. The van der Waals surface area contributed by atoms with E-state index in [0.717, 1.165) is 13.0 Å². The van der Waals surface area contributed by atoms with Crippen molar-refractivity contribution >= 4 is 11.8 Å². The van der Waals surface area contributed by atoms with E-state index in [1.807, 2.05) is 43.9 Å². The fourth-order valence-electron chi connectivity index (χ4n) is 2.83. The van der Waals surface area contributed by atoms with Crippen molar-refractivity contribution in [1.29, 1.82) is 0 Å². The highest BCUT2D eigenvalue weighted by Crippen LogP contribution is 2.27. The molecule has 1 saturated heterocycles. The summed E-state index contributed by atoms with van der Waals surface area (Å²) in [4.78, 5) is 25.9. The molecule has 0 spiro atoms. The van der Waals surface area contributed by atoms with E-state index in [1.54, 1.807) is 6.92 Å². The third-order valence-corrected chi connectivity index (χ3v) is 4.18. The van der Waals surface area contributed by atoms with Crippen LogP contribution in [0, 0.1) is 5.41 Å². The Morgan fingerprint density at radius 2 is 1.77 bits per heavy atom. The molecular weight excluding hydrogens is 276 g/mol. The lowest BCUT2D eigenvalue weighted by Gasteiger charge is -2.38. The van der Waals surface area contributed by atoms with Gasteiger partial charge in [-0.15, -0.1) is 0 Å². The van der Waals surface area contributed by atoms with Crippen LogP contribution in [0.1, 0.15) is 45.6 Å². The van der Waals surface area contributed by atoms with Crippen molar-refractivity contribution in [2.24, 2.45) is 5.41 Å². The Balaban J connectivity index is 2.14. The first-order valence-electron chi connectivity index (χ1n) is 7.89. The number of hydrogen-bond donors (Lipinski definition) is 1. The van der Waals surface area contributed by atoms with Crippen LogP contribution in [0.15, 0.2) is 30.3 Å². The van der Waals surface area contributed by atoms with Crippen LogP contribution in [-0.4, -0.2) is 35.8 Å². The fraction of sp³-hybridized carbons (Fsp3) is 0.556. The quantitative estimate of drug-likeness (QED) is 0.913. The molecule has 0 aliphatic carbocycles. The average Bonchev–Trinajstić information content (AvgIpc) is 2.46. The maximum Gasteiger partial charge on any atom is 0.225 e. The number of nitrogens with one attached hydrogen (secondary N) is 1. The van der Waals surface area contributed by atoms with Crippen molar-refractivity contribution in [2.45, 2.75) is 46.1 Å². The van der Waals surface area contributed by atoms with Gasteiger partial charge >= 0.3 is 0 Å². The molecule has 1 fully saturated rings. The lowest BCUT2D eigenvalue weighted by atomic mass is 9.87. The first-order valence-corrected chi connectivity index (χ1v) is 7.89. The Hall–Kier alpha value is -1.84. The van der Waals surface area contributed by atoms with Crippen LogP contribution in [0.5, 0.6) is 0 Å². The zero-order chi connectivity index (χ0) is 16.3. The third-order valence-electron chi connectivity index (χ3n) is 4.18. The van der Waals surface area contributed by atoms with E-state index in [0.29, 0.717) is 6.54 Å². The SMILES string of the molecule is CC(=O)N1CC(NC(=O)C(C)(C)C)CC(c2ccccc2)C1. The molecule has 1 heterocycles. The van der Waals surface area contributed by atoms with Gasteiger partial charge in [-0.25, -0.2) is 0 Å². The number of rotatable bonds is 2. The van der Waals surface area contributed by atoms with Crippen molar-refractivity contribution < 1.29 is 9.59 Å². The topological polar surface area (TPSA) is 49.4 Å². The predicted octanol–water partition coefficient (Wildman–Crippen LogP) is 2.55. The van der Waals surface area contributed by atoms with Gasteiger partial charge in [0, 0.05) is 37.4 Å². The van der Waals surface area contributed by atoms with Crippen molar-refractivity contribution in [3.05, 3.63) is 35.9 Å². The van der Waals surface area contributed by atoms with Crippen LogP contribution in [0.2, 0.25) is 0 Å². The van der Waals surface area contributed by atoms with E-state index >= 15 is 0 Å². The van der Waals surface area contributed by atoms with Gasteiger partial charge in [0.1, 0.15) is 0 Å². The standard InChI is InChI=1S/C18H26N2O2/c1-13(21)20-11-15(14-8-6-5-7-9-14)10-16(12-20)19-17(22)18(2,3)4/h5-9,15-16H,10-12H2,1-4H3,(H,19,22). The molecule has 4 nitrogen and oxygen atoms in total. The molecule has 120 valence electrons. The summed E-state index contributed by atoms with van der Waals surface area (Å²) >= 11 is 0. The number of nitrogens with zero attached hydrogens (tertiary/aromatic N) is 1. The van der Waals surface area contributed by atoms with Crippen molar-refractivity contribution in [3.8, 4) is 0 Å². The molecule has 1 N–H and O–H groups in total. The molecular formula is C18H26N2O2. The van der Waals surface area contributed by atoms with Crippen LogP contribution in [0.25, 0.3) is 0 Å². The van der Waals surface area contributed by atoms with Gasteiger partial charge in [0.15, 0.2) is 0 Å². The summed E-state index contributed by atoms with van der Waals surface area (Å²) in [5.74, 6) is 0.370. The molecule has 1 aromatic rings. The number of carbonyl (C=O) groups excluding carboxylic acids is 2. The van der Waals surface area contributed by atoms with Gasteiger partial charge in [-0.1, -0.05) is 51.1 Å². The van der Waals surface area contributed by atoms with Gasteiger partial charge in [-0.2, -0.15) is 0 Å². The summed E-state index contributed by atoms with van der Waals surface area (Å²) in [6.45, 7) is 8.63. The maximum absolute atomic E-state index is 12.2. The second-order valence-electron chi connectivity index (χ2n) is 7.19. The monoisotopic (exact) mass is 302 g/mol. The largest absolute Gasteiger partial charge is 0.351 e. The van der Waals surface area contributed by atoms with Gasteiger partial charge in [-0.3, -0.25) is 9.59 Å². The van der Waals surface area contributed by atoms with Gasteiger partial charge < -0.3 is 10.2 Å². The lowest BCUT2D eigenvalue weighted by Crippen LogP contribution is -2.53. The molecule has 22 heavy (non-hydrogen) atoms. The number of carbonyl (C=O) groups is 2. The minimum atomic E-state index is -0.416. The second kappa shape index (κ2) is 6.51. The summed E-state index contributed by atoms with van der Waals surface area (Å²) in [6, 6.07) is 10.2. The molecule has 2 atom stereocenters. The molecule has 2 amide bonds. The number of piperidine rings is 1. The van der Waals surface area contributed by atoms with Crippen LogP contribution >= 0.6 is 0 Å². The van der Waals surface area contributed by atoms with Crippen molar-refractivity contribution in [2.75, 3.05) is 13.1 Å². The lowest BCUT2D eigenvalue weighted by molar-refractivity contribution is -0.134. The summed E-state index contributed by atoms with van der Waals surface area (Å²) in [7, 11) is 0. The van der Waals surface area contributed by atoms with Gasteiger partial charge in [-0.05, 0) is 12.0 Å². The maximum atomic E-state index is 12.2. The first-order chi connectivity index (χ1) is 10.3. The second-order valence-corrected chi connectivity index (χ2v) is 7.19. The Kier molecular flexibility index (Phi) is 4.89. The van der Waals surface area contributed by atoms with Gasteiger partial charge in [0.25, 0.3) is 0 Å². The Bertz CT molecular complexity index is 534. The van der Waals surface area contributed by atoms with E-state index in [-0.39, 0.29) is 23.8 Å². The van der Waals surface area contributed by atoms with E-state index in [2.05, 4.69) is 17.4 Å². The molecule has 2 rings (SSSR count). The van der Waals surface area contributed by atoms with E-state index in [1.165, 1.54) is 5.56 Å². The molecule has 1 aromatic carbocycles. The van der Waals surface area contributed by atoms with E-state index in [9.17, 15) is 9.59 Å². The number of benzene rings is 1. The molecule has 0 bridgehead atoms. The molecule has 0 saturated carbocycles. The normalized spacial score (nSPS) is 22.3. The van der Waals surface area contributed by atoms with Crippen LogP contribution in [-0.2, 0) is 9.59 Å². The van der Waals surface area contributed by atoms with Gasteiger partial charge in [0.05, 0.1) is 0 Å². The molecule has 1 aliphatic rings. The number of hydrogen-bond acceptors (Lipinski definition) is 2. The minimum Gasteiger partial charge on any atom is -0.351 e. The highest BCUT2D eigenvalue weighted by Gasteiger charge is 2.32. The highest BCUT2D eigenvalue weighted by atomic mass is 16.2. The summed E-state index contributed by atoms with van der Waals surface area (Å²) in [6.07, 6.45) is 0.871. The number of likely N-dealkylation sites (tertiary alicyclic amines) is 1. The average molecular weight is 302 g/mol. The summed E-state index contributed by atoms with van der Waals surface area (Å²) in [5, 5.41) is 3.11. The molecule has 0 aromatic heterocycles. The van der Waals surface area contributed by atoms with Gasteiger partial charge in [0.2, 0.25) is 11.8 Å². The van der Waals surface area contributed by atoms with Crippen LogP contribution in [0.4, 0.5) is 0 Å². The zero-order valence-corrected chi connectivity index (χ0v) is 13.9. The van der Waals surface area contributed by atoms with Crippen molar-refractivity contribution in [1.82, 2.24) is 10.2 Å². The van der Waals surface area contributed by atoms with E-state index in [4.69, 9.17) is 0 Å². The molecule has 1 aliphatic heterocycles. The first kappa shape index (κ1) is 16.5. The van der Waals surface area contributed by atoms with E-state index < -0.39 is 5.41 Å². The predicted molar refractivity (Wildman–Crippen MR) is 87.4 cm³/mol. The van der Waals surface area contributed by atoms with Crippen molar-refractivity contribution in [3.63, 3.8) is 0 Å². The summed E-state index contributed by atoms with van der Waals surface area (Å²) in [5.41, 5.74) is 0.809. The fourth-order valence-corrected chi connectivity index (χ4v) is 2.83. The van der Waals surface area contributed by atoms with Crippen LogP contribution < -0.4 is 5.32 Å². The Morgan fingerprint density at radius 1 is 1.14 bits per heavy atom. The Labute approximate surface area is 132 Å². The number of amides is 2. The Morgan fingerprint density at radius 3 is 2.32 bits per heavy atom. The summed E-state index contributed by atoms with van der Waals surface area (Å²) < 4.78 is 0.